The van der Waals surface area contributed by atoms with E-state index in [0.717, 1.165) is 16.8 Å². The van der Waals surface area contributed by atoms with Crippen LogP contribution in [0.4, 0.5) is 0 Å². The van der Waals surface area contributed by atoms with Gasteiger partial charge in [0.1, 0.15) is 12.4 Å². The maximum Gasteiger partial charge on any atom is 0.276 e. The minimum Gasteiger partial charge on any atom is -0.331 e. The van der Waals surface area contributed by atoms with Gasteiger partial charge in [0.05, 0.1) is 24.1 Å². The molecule has 1 N–H and O–H groups in total. The molecule has 176 valence electrons. The summed E-state index contributed by atoms with van der Waals surface area (Å²) in [5, 5.41) is 10.4. The Morgan fingerprint density at radius 3 is 2.83 bits per heavy atom. The van der Waals surface area contributed by atoms with Gasteiger partial charge in [-0.2, -0.15) is 0 Å². The minimum atomic E-state index is -0.674. The fourth-order valence-corrected chi connectivity index (χ4v) is 4.76. The quantitative estimate of drug-likeness (QED) is 0.526. The summed E-state index contributed by atoms with van der Waals surface area (Å²) in [6, 6.07) is 4.60. The summed E-state index contributed by atoms with van der Waals surface area (Å²) in [4.78, 5) is 61.2. The lowest BCUT2D eigenvalue weighted by molar-refractivity contribution is -0.136. The molecule has 12 heteroatoms. The number of nitrogens with zero attached hydrogens (tertiary/aromatic N) is 7. The molecule has 2 aromatic heterocycles. The fraction of sp³-hybridized carbons (Fsp3) is 0.304. The number of nitrogens with one attached hydrogen (secondary N) is 1. The van der Waals surface area contributed by atoms with Gasteiger partial charge in [-0.1, -0.05) is 11.3 Å². The number of hydrogen-bond donors (Lipinski definition) is 1. The highest BCUT2D eigenvalue weighted by molar-refractivity contribution is 6.05. The highest BCUT2D eigenvalue weighted by Gasteiger charge is 2.39. The van der Waals surface area contributed by atoms with Gasteiger partial charge in [0.25, 0.3) is 11.8 Å². The molecule has 6 rings (SSSR count). The lowest BCUT2D eigenvalue weighted by Gasteiger charge is -2.29. The van der Waals surface area contributed by atoms with Gasteiger partial charge in [0, 0.05) is 31.3 Å². The topological polar surface area (TPSA) is 143 Å². The summed E-state index contributed by atoms with van der Waals surface area (Å²) >= 11 is 0. The van der Waals surface area contributed by atoms with E-state index in [1.165, 1.54) is 22.1 Å². The highest BCUT2D eigenvalue weighted by atomic mass is 16.2. The molecular formula is C23H20N8O4. The van der Waals surface area contributed by atoms with Gasteiger partial charge in [-0.3, -0.25) is 24.5 Å². The van der Waals surface area contributed by atoms with Gasteiger partial charge >= 0.3 is 0 Å². The number of benzene rings is 1. The number of carbonyl (C=O) groups excluding carboxylic acids is 4. The van der Waals surface area contributed by atoms with Crippen molar-refractivity contribution in [3.8, 4) is 5.69 Å². The van der Waals surface area contributed by atoms with E-state index in [0.29, 0.717) is 43.7 Å². The van der Waals surface area contributed by atoms with Crippen molar-refractivity contribution in [2.24, 2.45) is 0 Å². The molecule has 0 radical (unpaired) electrons. The molecule has 1 unspecified atom stereocenters. The van der Waals surface area contributed by atoms with Crippen LogP contribution in [0.1, 0.15) is 50.5 Å². The van der Waals surface area contributed by atoms with Gasteiger partial charge in [-0.25, -0.2) is 14.6 Å². The predicted molar refractivity (Wildman–Crippen MR) is 118 cm³/mol. The highest BCUT2D eigenvalue weighted by Crippen LogP contribution is 2.29. The summed E-state index contributed by atoms with van der Waals surface area (Å²) in [7, 11) is 0. The first kappa shape index (κ1) is 21.1. The Morgan fingerprint density at radius 2 is 1.97 bits per heavy atom. The summed E-state index contributed by atoms with van der Waals surface area (Å²) in [6.07, 6.45) is 5.96. The van der Waals surface area contributed by atoms with E-state index < -0.39 is 11.9 Å². The molecular weight excluding hydrogens is 452 g/mol. The number of amides is 4. The number of rotatable bonds is 3. The molecule has 3 aliphatic heterocycles. The van der Waals surface area contributed by atoms with Gasteiger partial charge in [0.2, 0.25) is 11.8 Å². The monoisotopic (exact) mass is 472 g/mol. The van der Waals surface area contributed by atoms with Crippen molar-refractivity contribution in [2.45, 2.75) is 38.4 Å². The molecule has 1 atom stereocenters. The number of hydrogen-bond acceptors (Lipinski definition) is 8. The molecule has 3 aliphatic rings. The lowest BCUT2D eigenvalue weighted by Crippen LogP contribution is -2.52. The second kappa shape index (κ2) is 8.08. The molecule has 3 aromatic rings. The average Bonchev–Trinajstić information content (AvgIpc) is 3.48. The van der Waals surface area contributed by atoms with Crippen LogP contribution in [0, 0.1) is 0 Å². The van der Waals surface area contributed by atoms with Crippen LogP contribution >= 0.6 is 0 Å². The molecule has 1 aromatic carbocycles. The summed E-state index contributed by atoms with van der Waals surface area (Å²) < 4.78 is 1.45. The van der Waals surface area contributed by atoms with E-state index in [1.54, 1.807) is 29.3 Å². The summed E-state index contributed by atoms with van der Waals surface area (Å²) in [6.45, 7) is 1.21. The number of carbonyl (C=O) groups is 4. The molecule has 5 heterocycles. The Balaban J connectivity index is 1.20. The molecule has 35 heavy (non-hydrogen) atoms. The zero-order valence-electron chi connectivity index (χ0n) is 18.5. The Morgan fingerprint density at radius 1 is 1.09 bits per heavy atom. The fourth-order valence-electron chi connectivity index (χ4n) is 4.76. The Bertz CT molecular complexity index is 1400. The molecule has 0 spiro atoms. The van der Waals surface area contributed by atoms with Gasteiger partial charge in [-0.05, 0) is 36.1 Å². The third-order valence-corrected chi connectivity index (χ3v) is 6.65. The van der Waals surface area contributed by atoms with E-state index >= 15 is 0 Å². The Hall–Kier alpha value is -4.48. The molecule has 0 saturated carbocycles. The molecule has 0 aliphatic carbocycles. The zero-order chi connectivity index (χ0) is 24.1. The first-order chi connectivity index (χ1) is 17.0. The lowest BCUT2D eigenvalue weighted by atomic mass is 10.0. The van der Waals surface area contributed by atoms with Crippen molar-refractivity contribution in [2.75, 3.05) is 6.54 Å². The van der Waals surface area contributed by atoms with Gasteiger partial charge < -0.3 is 9.80 Å². The third kappa shape index (κ3) is 3.63. The normalized spacial score (nSPS) is 19.4. The maximum atomic E-state index is 13.1. The second-order valence-electron chi connectivity index (χ2n) is 8.76. The van der Waals surface area contributed by atoms with Crippen LogP contribution in [0.2, 0.25) is 0 Å². The van der Waals surface area contributed by atoms with Crippen molar-refractivity contribution < 1.29 is 19.2 Å². The second-order valence-corrected chi connectivity index (χ2v) is 8.76. The van der Waals surface area contributed by atoms with Gasteiger partial charge in [0.15, 0.2) is 5.69 Å². The van der Waals surface area contributed by atoms with Crippen molar-refractivity contribution in [3.05, 3.63) is 65.0 Å². The summed E-state index contributed by atoms with van der Waals surface area (Å²) in [5.41, 5.74) is 3.88. The van der Waals surface area contributed by atoms with E-state index in [2.05, 4.69) is 25.6 Å². The predicted octanol–water partition coefficient (Wildman–Crippen LogP) is 0.0168. The van der Waals surface area contributed by atoms with E-state index in [9.17, 15) is 19.2 Å². The third-order valence-electron chi connectivity index (χ3n) is 6.65. The van der Waals surface area contributed by atoms with Gasteiger partial charge in [-0.15, -0.1) is 5.10 Å². The van der Waals surface area contributed by atoms with E-state index in [-0.39, 0.29) is 29.8 Å². The van der Waals surface area contributed by atoms with Crippen molar-refractivity contribution in [1.29, 1.82) is 0 Å². The van der Waals surface area contributed by atoms with Crippen LogP contribution in [0.15, 0.2) is 36.9 Å². The van der Waals surface area contributed by atoms with Crippen LogP contribution in [0.3, 0.4) is 0 Å². The number of piperidine rings is 1. The Labute approximate surface area is 198 Å². The van der Waals surface area contributed by atoms with Crippen LogP contribution in [0.25, 0.3) is 5.69 Å². The SMILES string of the molecule is O=C1CCC(N2Cc3ccc(-n4cc(C(=O)N5CCc6cncnc6C5)nn4)cc3C2=O)C(=O)N1. The Kier molecular flexibility index (Phi) is 4.87. The average molecular weight is 472 g/mol. The zero-order valence-corrected chi connectivity index (χ0v) is 18.5. The van der Waals surface area contributed by atoms with Crippen molar-refractivity contribution >= 4 is 23.6 Å². The van der Waals surface area contributed by atoms with Crippen molar-refractivity contribution in [1.82, 2.24) is 40.1 Å². The van der Waals surface area contributed by atoms with Crippen LogP contribution in [-0.2, 0) is 29.1 Å². The molecule has 1 saturated heterocycles. The van der Waals surface area contributed by atoms with Crippen LogP contribution in [0.5, 0.6) is 0 Å². The molecule has 12 nitrogen and oxygen atoms in total. The summed E-state index contributed by atoms with van der Waals surface area (Å²) in [5.74, 6) is -1.30. The first-order valence-electron chi connectivity index (χ1n) is 11.3. The molecule has 0 bridgehead atoms. The first-order valence-corrected chi connectivity index (χ1v) is 11.3. The largest absolute Gasteiger partial charge is 0.331 e. The van der Waals surface area contributed by atoms with Crippen LogP contribution in [-0.4, -0.2) is 71.0 Å². The maximum absolute atomic E-state index is 13.1. The van der Waals surface area contributed by atoms with Crippen molar-refractivity contribution in [3.63, 3.8) is 0 Å². The number of aromatic nitrogens is 5. The van der Waals surface area contributed by atoms with Crippen LogP contribution < -0.4 is 5.32 Å². The van der Waals surface area contributed by atoms with E-state index in [1.807, 2.05) is 0 Å². The minimum absolute atomic E-state index is 0.194. The smallest absolute Gasteiger partial charge is 0.276 e. The number of fused-ring (bicyclic) bond motifs is 2. The number of imide groups is 1. The van der Waals surface area contributed by atoms with E-state index in [4.69, 9.17) is 0 Å². The molecule has 1 fully saturated rings. The molecule has 4 amide bonds. The standard InChI is InChI=1S/C23H20N8O4/c32-20-4-3-19(21(33)26-20)30-9-14-1-2-15(7-16(14)22(30)34)31-11-18(27-28-31)23(35)29-6-5-13-8-24-12-25-17(13)10-29/h1-2,7-8,11-12,19H,3-6,9-10H2,(H,26,32,33).